The van der Waals surface area contributed by atoms with Gasteiger partial charge in [-0.3, -0.25) is 0 Å². The molecule has 7 aromatic carbocycles. The number of halogens is 1. The molecule has 0 fully saturated rings. The normalized spacial score (nSPS) is 11.2. The lowest BCUT2D eigenvalue weighted by Gasteiger charge is -2.25. The molecule has 7 rings (SSSR count). The first-order valence-electron chi connectivity index (χ1n) is 14.1. The first-order chi connectivity index (χ1) is 21.1. The fourth-order valence-electron chi connectivity index (χ4n) is 5.68. The van der Waals surface area contributed by atoms with Crippen LogP contribution in [0.25, 0.3) is 32.3 Å². The van der Waals surface area contributed by atoms with Gasteiger partial charge in [-0.2, -0.15) is 0 Å². The standard InChI is InChI=1S/C19H17BrP.C18H13BO3/c20-16-21(17-10-4-1-5-11-17,18-12-6-2-7-13-18)19-14-8-3-9-15-19;20-19(21)22-17-7-3-6-12-8-9-15-10-13-4-1-2-5-14(13)11-16(15)18(12)17/h1-15H,16H2;1-11,20-21H/q+1;. The number of fused-ring (bicyclic) bond motifs is 4. The van der Waals surface area contributed by atoms with E-state index in [0.29, 0.717) is 5.75 Å². The molecule has 0 unspecified atom stereocenters. The van der Waals surface area contributed by atoms with Gasteiger partial charge in [-0.25, -0.2) is 0 Å². The van der Waals surface area contributed by atoms with E-state index in [1.165, 1.54) is 21.3 Å². The summed E-state index contributed by atoms with van der Waals surface area (Å²) >= 11 is 3.83. The van der Waals surface area contributed by atoms with Crippen LogP contribution in [-0.2, 0) is 0 Å². The Labute approximate surface area is 261 Å². The van der Waals surface area contributed by atoms with Crippen LogP contribution in [0, 0.1) is 0 Å². The molecule has 0 atom stereocenters. The molecule has 0 bridgehead atoms. The lowest BCUT2D eigenvalue weighted by molar-refractivity contribution is 0.289. The maximum absolute atomic E-state index is 9.14. The summed E-state index contributed by atoms with van der Waals surface area (Å²) in [5, 5.41) is 29.8. The molecule has 0 heterocycles. The highest BCUT2D eigenvalue weighted by Crippen LogP contribution is 2.56. The molecule has 43 heavy (non-hydrogen) atoms. The molecule has 7 aromatic rings. The molecule has 0 aliphatic heterocycles. The quantitative estimate of drug-likeness (QED) is 0.0639. The van der Waals surface area contributed by atoms with E-state index in [4.69, 9.17) is 14.7 Å². The van der Waals surface area contributed by atoms with Crippen LogP contribution in [0.15, 0.2) is 158 Å². The Morgan fingerprint density at radius 2 is 0.977 bits per heavy atom. The number of hydrogen-bond donors (Lipinski definition) is 2. The van der Waals surface area contributed by atoms with Crippen LogP contribution >= 0.6 is 23.2 Å². The van der Waals surface area contributed by atoms with Crippen LogP contribution in [0.1, 0.15) is 0 Å². The third-order valence-electron chi connectivity index (χ3n) is 7.69. The molecule has 6 heteroatoms. The predicted molar refractivity (Wildman–Crippen MR) is 189 cm³/mol. The van der Waals surface area contributed by atoms with Gasteiger partial charge in [0.2, 0.25) is 0 Å². The minimum atomic E-state index is -1.83. The largest absolute Gasteiger partial charge is 0.707 e. The molecule has 0 saturated heterocycles. The summed E-state index contributed by atoms with van der Waals surface area (Å²) in [6.07, 6.45) is 0. The summed E-state index contributed by atoms with van der Waals surface area (Å²) in [6.45, 7) is 0. The smallest absolute Gasteiger partial charge is 0.511 e. The monoisotopic (exact) mass is 643 g/mol. The number of rotatable bonds is 6. The lowest BCUT2D eigenvalue weighted by atomic mass is 9.97. The first kappa shape index (κ1) is 29.1. The van der Waals surface area contributed by atoms with Crippen LogP contribution in [-0.4, -0.2) is 22.4 Å². The molecular formula is C37H30BBrO3P+. The molecule has 3 nitrogen and oxygen atoms in total. The van der Waals surface area contributed by atoms with Gasteiger partial charge in [-0.05, 0) is 97.5 Å². The van der Waals surface area contributed by atoms with Gasteiger partial charge in [-0.15, -0.1) is 0 Å². The SMILES string of the molecule is BrC[P+](c1ccccc1)(c1ccccc1)c1ccccc1.OB(O)Oc1cccc2ccc3cc4ccccc4cc3c12. The van der Waals surface area contributed by atoms with Crippen molar-refractivity contribution >= 4 is 78.7 Å². The van der Waals surface area contributed by atoms with Crippen molar-refractivity contribution in [1.82, 2.24) is 0 Å². The average molecular weight is 644 g/mol. The van der Waals surface area contributed by atoms with E-state index in [9.17, 15) is 0 Å². The van der Waals surface area contributed by atoms with E-state index in [0.717, 1.165) is 32.0 Å². The fraction of sp³-hybridized carbons (Fsp3) is 0.0270. The van der Waals surface area contributed by atoms with Crippen molar-refractivity contribution in [2.24, 2.45) is 0 Å². The van der Waals surface area contributed by atoms with Gasteiger partial charge in [0.1, 0.15) is 34.0 Å². The molecule has 2 N–H and O–H groups in total. The van der Waals surface area contributed by atoms with Crippen molar-refractivity contribution in [3.63, 3.8) is 0 Å². The van der Waals surface area contributed by atoms with Crippen molar-refractivity contribution in [2.45, 2.75) is 0 Å². The van der Waals surface area contributed by atoms with Crippen molar-refractivity contribution < 1.29 is 14.7 Å². The molecule has 210 valence electrons. The molecular weight excluding hydrogens is 614 g/mol. The number of hydrogen-bond acceptors (Lipinski definition) is 3. The summed E-state index contributed by atoms with van der Waals surface area (Å²) in [7, 11) is -3.45. The van der Waals surface area contributed by atoms with E-state index in [1.807, 2.05) is 30.3 Å². The van der Waals surface area contributed by atoms with Crippen LogP contribution in [0.4, 0.5) is 0 Å². The summed E-state index contributed by atoms with van der Waals surface area (Å²) in [5.41, 5.74) is 0. The molecule has 0 saturated carbocycles. The molecule has 0 aliphatic carbocycles. The third-order valence-corrected chi connectivity index (χ3v) is 13.8. The second-order valence-electron chi connectivity index (χ2n) is 10.2. The number of alkyl halides is 1. The summed E-state index contributed by atoms with van der Waals surface area (Å²) < 4.78 is 5.16. The second kappa shape index (κ2) is 13.1. The second-order valence-corrected chi connectivity index (χ2v) is 15.1. The highest BCUT2D eigenvalue weighted by Gasteiger charge is 2.44. The Morgan fingerprint density at radius 3 is 1.49 bits per heavy atom. The molecule has 0 spiro atoms. The Bertz CT molecular complexity index is 1870. The van der Waals surface area contributed by atoms with E-state index in [2.05, 4.69) is 137 Å². The van der Waals surface area contributed by atoms with Crippen LogP contribution in [0.3, 0.4) is 0 Å². The van der Waals surface area contributed by atoms with Gasteiger partial charge in [0.15, 0.2) is 0 Å². The molecule has 0 aliphatic rings. The van der Waals surface area contributed by atoms with Crippen molar-refractivity contribution in [3.05, 3.63) is 158 Å². The van der Waals surface area contributed by atoms with Crippen LogP contribution in [0.5, 0.6) is 5.75 Å². The fourth-order valence-corrected chi connectivity index (χ4v) is 11.6. The van der Waals surface area contributed by atoms with Gasteiger partial charge in [0.25, 0.3) is 0 Å². The Balaban J connectivity index is 0.000000153. The summed E-state index contributed by atoms with van der Waals surface area (Å²) in [4.78, 5) is 0. The lowest BCUT2D eigenvalue weighted by Crippen LogP contribution is -2.31. The minimum absolute atomic E-state index is 0.466. The zero-order valence-electron chi connectivity index (χ0n) is 23.4. The first-order valence-corrected chi connectivity index (χ1v) is 17.2. The van der Waals surface area contributed by atoms with Crippen molar-refractivity contribution in [1.29, 1.82) is 0 Å². The van der Waals surface area contributed by atoms with E-state index >= 15 is 0 Å². The average Bonchev–Trinajstić information content (AvgIpc) is 3.06. The zero-order chi connectivity index (χ0) is 29.6. The van der Waals surface area contributed by atoms with Crippen LogP contribution in [0.2, 0.25) is 0 Å². The highest BCUT2D eigenvalue weighted by molar-refractivity contribution is 9.10. The molecule has 0 radical (unpaired) electrons. The topological polar surface area (TPSA) is 49.7 Å². The maximum Gasteiger partial charge on any atom is 0.707 e. The van der Waals surface area contributed by atoms with E-state index in [1.54, 1.807) is 6.07 Å². The van der Waals surface area contributed by atoms with Gasteiger partial charge in [-0.1, -0.05) is 103 Å². The number of benzene rings is 7. The summed E-state index contributed by atoms with van der Waals surface area (Å²) in [6, 6.07) is 54.7. The van der Waals surface area contributed by atoms with Crippen molar-refractivity contribution in [3.8, 4) is 5.75 Å². The van der Waals surface area contributed by atoms with Gasteiger partial charge in [0.05, 0.1) is 0 Å². The Hall–Kier alpha value is -3.99. The highest BCUT2D eigenvalue weighted by atomic mass is 79.9. The van der Waals surface area contributed by atoms with Gasteiger partial charge < -0.3 is 14.7 Å². The van der Waals surface area contributed by atoms with E-state index in [-0.39, 0.29) is 0 Å². The molecule has 0 amide bonds. The Kier molecular flexibility index (Phi) is 8.88. The summed E-state index contributed by atoms with van der Waals surface area (Å²) in [5.74, 6) is 0.466. The van der Waals surface area contributed by atoms with Crippen LogP contribution < -0.4 is 20.6 Å². The zero-order valence-corrected chi connectivity index (χ0v) is 25.9. The maximum atomic E-state index is 9.14. The van der Waals surface area contributed by atoms with Crippen molar-refractivity contribution in [2.75, 3.05) is 5.07 Å². The van der Waals surface area contributed by atoms with Gasteiger partial charge >= 0.3 is 7.32 Å². The Morgan fingerprint density at radius 1 is 0.512 bits per heavy atom. The molecule has 0 aromatic heterocycles. The third kappa shape index (κ3) is 5.95. The predicted octanol–water partition coefficient (Wildman–Crippen LogP) is 7.83. The minimum Gasteiger partial charge on any atom is -0.511 e. The van der Waals surface area contributed by atoms with E-state index < -0.39 is 14.6 Å². The van der Waals surface area contributed by atoms with Gasteiger partial charge in [0, 0.05) is 5.39 Å².